The summed E-state index contributed by atoms with van der Waals surface area (Å²) >= 11 is 0. The van der Waals surface area contributed by atoms with Crippen LogP contribution in [0.2, 0.25) is 0 Å². The molecule has 17 N–H and O–H groups in total. The van der Waals surface area contributed by atoms with Crippen molar-refractivity contribution < 1.29 is 124 Å². The summed E-state index contributed by atoms with van der Waals surface area (Å²) < 4.78 is 44.9. The largest absolute Gasteiger partial charge is 0.394 e. The van der Waals surface area contributed by atoms with Gasteiger partial charge in [0.15, 0.2) is 25.2 Å². The zero-order chi connectivity index (χ0) is 43.3. The van der Waals surface area contributed by atoms with Gasteiger partial charge in [-0.05, 0) is 6.92 Å². The van der Waals surface area contributed by atoms with E-state index in [4.69, 9.17) is 37.9 Å². The summed E-state index contributed by atoms with van der Waals surface area (Å²) in [5, 5.41) is 170. The molecule has 4 fully saturated rings. The van der Waals surface area contributed by atoms with Crippen molar-refractivity contribution in [2.45, 2.75) is 161 Å². The molecule has 0 unspecified atom stereocenters. The molecule has 26 heteroatoms. The Balaban J connectivity index is 1.56. The zero-order valence-corrected chi connectivity index (χ0v) is 31.2. The molecule has 4 heterocycles. The molecule has 4 aliphatic heterocycles. The number of carbonyl (C=O) groups is 1. The second-order valence-electron chi connectivity index (χ2n) is 14.4. The number of hydrogen-bond donors (Lipinski definition) is 17. The van der Waals surface area contributed by atoms with Crippen LogP contribution in [0.1, 0.15) is 13.8 Å². The van der Waals surface area contributed by atoms with Crippen LogP contribution >= 0.6 is 0 Å². The first-order chi connectivity index (χ1) is 27.3. The molecule has 0 aliphatic carbocycles. The molecule has 4 rings (SSSR count). The predicted molar refractivity (Wildman–Crippen MR) is 179 cm³/mol. The Kier molecular flexibility index (Phi) is 18.3. The van der Waals surface area contributed by atoms with Crippen molar-refractivity contribution in [2.24, 2.45) is 0 Å². The number of rotatable bonds is 17. The fourth-order valence-electron chi connectivity index (χ4n) is 6.95. The molecule has 0 spiro atoms. The van der Waals surface area contributed by atoms with E-state index < -0.39 is 186 Å². The first-order valence-electron chi connectivity index (χ1n) is 18.4. The number of aliphatic hydroxyl groups is 16. The number of amides is 1. The second kappa shape index (κ2) is 21.5. The maximum absolute atomic E-state index is 11.8. The van der Waals surface area contributed by atoms with Gasteiger partial charge in [-0.3, -0.25) is 4.79 Å². The Morgan fingerprint density at radius 1 is 0.552 bits per heavy atom. The fourth-order valence-corrected chi connectivity index (χ4v) is 6.95. The Labute approximate surface area is 329 Å². The van der Waals surface area contributed by atoms with E-state index in [0.29, 0.717) is 0 Å². The lowest BCUT2D eigenvalue weighted by Crippen LogP contribution is -2.68. The van der Waals surface area contributed by atoms with Crippen molar-refractivity contribution in [1.82, 2.24) is 5.32 Å². The van der Waals surface area contributed by atoms with Crippen LogP contribution in [0.5, 0.6) is 0 Å². The van der Waals surface area contributed by atoms with Gasteiger partial charge in [-0.2, -0.15) is 0 Å². The van der Waals surface area contributed by atoms with E-state index in [9.17, 15) is 86.5 Å². The topological polar surface area (TPSA) is 427 Å². The van der Waals surface area contributed by atoms with Crippen LogP contribution in [0.3, 0.4) is 0 Å². The highest BCUT2D eigenvalue weighted by atomic mass is 16.8. The smallest absolute Gasteiger partial charge is 0.217 e. The highest BCUT2D eigenvalue weighted by molar-refractivity contribution is 5.73. The number of carbonyl (C=O) groups excluding carboxylic acids is 1. The van der Waals surface area contributed by atoms with Gasteiger partial charge in [0.2, 0.25) is 5.91 Å². The number of nitrogens with one attached hydrogen (secondary N) is 1. The van der Waals surface area contributed by atoms with Gasteiger partial charge in [0, 0.05) is 6.92 Å². The van der Waals surface area contributed by atoms with Crippen LogP contribution in [0.25, 0.3) is 0 Å². The van der Waals surface area contributed by atoms with E-state index >= 15 is 0 Å². The van der Waals surface area contributed by atoms with Crippen LogP contribution in [-0.4, -0.2) is 268 Å². The lowest BCUT2D eigenvalue weighted by molar-refractivity contribution is -0.396. The second-order valence-corrected chi connectivity index (χ2v) is 14.4. The van der Waals surface area contributed by atoms with Gasteiger partial charge in [-0.15, -0.1) is 0 Å². The van der Waals surface area contributed by atoms with E-state index in [0.717, 1.165) is 6.92 Å². The molecule has 0 aromatic carbocycles. The summed E-state index contributed by atoms with van der Waals surface area (Å²) in [6.07, 6.45) is -42.9. The molecule has 0 aromatic rings. The Hall–Kier alpha value is -1.49. The monoisotopic (exact) mass is 855 g/mol. The SMILES string of the molecule is CC(=O)N[C@@H](CO)[C@@H](O[C@@H]1O[C@H](CO)[C@H](O[C@H]2O[C@H](CO)[C@H](O)[C@H](O[C@H]3O[C@H](CO)[C@H](O)[C@H](O)[C@H]3O[C@@H]3O[C@@H](C)[C@@H](O)[C@@H](O)[C@@H]3O)[C@H]2O)[C@H](O)[C@H]1O)[C@@H](O)[C@H](O)CO. The highest BCUT2D eigenvalue weighted by Crippen LogP contribution is 2.35. The third-order valence-corrected chi connectivity index (χ3v) is 10.3. The van der Waals surface area contributed by atoms with E-state index in [-0.39, 0.29) is 0 Å². The molecule has 4 aliphatic rings. The van der Waals surface area contributed by atoms with Crippen LogP contribution in [-0.2, 0) is 42.7 Å². The van der Waals surface area contributed by atoms with Gasteiger partial charge in [0.05, 0.1) is 45.2 Å². The minimum atomic E-state index is -2.16. The summed E-state index contributed by atoms with van der Waals surface area (Å²) in [7, 11) is 0. The van der Waals surface area contributed by atoms with Gasteiger partial charge >= 0.3 is 0 Å². The zero-order valence-electron chi connectivity index (χ0n) is 31.2. The van der Waals surface area contributed by atoms with Crippen molar-refractivity contribution in [3.05, 3.63) is 0 Å². The Bertz CT molecular complexity index is 1260. The molecule has 0 aromatic heterocycles. The van der Waals surface area contributed by atoms with E-state index in [1.54, 1.807) is 0 Å². The standard InChI is InChI=1S/C32H57NO25/c1-8-15(41)19(45)22(48)29(51-8)58-28-20(46)17(43)12(5-36)53-32(28)57-27-18(44)13(6-37)52-31(24(27)50)56-26-14(7-38)54-30(23(49)21(26)47)55-25(16(42)11(40)4-35)10(3-34)33-9(2)39/h8,10-32,34-38,40-50H,3-7H2,1-2H3,(H,33,39)/t8-,10-,11+,12+,13+,14+,15+,16-,17-,18-,19+,20-,21+,22-,23+,24+,25+,26-,27-,28+,29-,30-,31+,32+/m0/s1. The summed E-state index contributed by atoms with van der Waals surface area (Å²) in [5.74, 6) is -0.725. The van der Waals surface area contributed by atoms with Gasteiger partial charge in [-0.25, -0.2) is 0 Å². The van der Waals surface area contributed by atoms with E-state index in [1.807, 2.05) is 0 Å². The van der Waals surface area contributed by atoms with Crippen molar-refractivity contribution in [1.29, 1.82) is 0 Å². The maximum Gasteiger partial charge on any atom is 0.217 e. The van der Waals surface area contributed by atoms with E-state index in [1.165, 1.54) is 6.92 Å². The molecule has 1 amide bonds. The summed E-state index contributed by atoms with van der Waals surface area (Å²) in [4.78, 5) is 11.8. The molecule has 26 nitrogen and oxygen atoms in total. The lowest BCUT2D eigenvalue weighted by Gasteiger charge is -2.49. The number of aliphatic hydroxyl groups excluding tert-OH is 16. The third kappa shape index (κ3) is 10.7. The predicted octanol–water partition coefficient (Wildman–Crippen LogP) is -11.1. The fraction of sp³-hybridized carbons (Fsp3) is 0.969. The molecule has 4 saturated heterocycles. The minimum Gasteiger partial charge on any atom is -0.394 e. The van der Waals surface area contributed by atoms with Crippen LogP contribution < -0.4 is 5.32 Å². The van der Waals surface area contributed by atoms with Crippen molar-refractivity contribution >= 4 is 5.91 Å². The Morgan fingerprint density at radius 3 is 1.62 bits per heavy atom. The Morgan fingerprint density at radius 2 is 1.05 bits per heavy atom. The number of ether oxygens (including phenoxy) is 8. The quantitative estimate of drug-likeness (QED) is 0.0646. The van der Waals surface area contributed by atoms with Crippen molar-refractivity contribution in [3.63, 3.8) is 0 Å². The normalized spacial score (nSPS) is 45.9. The van der Waals surface area contributed by atoms with Crippen molar-refractivity contribution in [2.75, 3.05) is 33.0 Å². The molecule has 0 saturated carbocycles. The third-order valence-electron chi connectivity index (χ3n) is 10.3. The van der Waals surface area contributed by atoms with Crippen LogP contribution in [0.15, 0.2) is 0 Å². The lowest BCUT2D eigenvalue weighted by atomic mass is 9.95. The summed E-state index contributed by atoms with van der Waals surface area (Å²) in [5.41, 5.74) is 0. The van der Waals surface area contributed by atoms with Crippen LogP contribution in [0, 0.1) is 0 Å². The van der Waals surface area contributed by atoms with E-state index in [2.05, 4.69) is 5.32 Å². The average Bonchev–Trinajstić information content (AvgIpc) is 3.20. The van der Waals surface area contributed by atoms with Gasteiger partial charge in [-0.1, -0.05) is 0 Å². The average molecular weight is 856 g/mol. The molecule has 58 heavy (non-hydrogen) atoms. The first-order valence-corrected chi connectivity index (χ1v) is 18.4. The molecule has 0 radical (unpaired) electrons. The molecular formula is C32H57NO25. The summed E-state index contributed by atoms with van der Waals surface area (Å²) in [6.45, 7) is -2.44. The maximum atomic E-state index is 11.8. The van der Waals surface area contributed by atoms with Crippen LogP contribution in [0.4, 0.5) is 0 Å². The van der Waals surface area contributed by atoms with Crippen molar-refractivity contribution in [3.8, 4) is 0 Å². The molecule has 24 atom stereocenters. The molecular weight excluding hydrogens is 798 g/mol. The molecule has 0 bridgehead atoms. The first kappa shape index (κ1) is 49.2. The minimum absolute atomic E-state index is 0.725. The van der Waals surface area contributed by atoms with Gasteiger partial charge < -0.3 is 125 Å². The van der Waals surface area contributed by atoms with Gasteiger partial charge in [0.1, 0.15) is 110 Å². The summed E-state index contributed by atoms with van der Waals surface area (Å²) in [6, 6.07) is -1.48. The van der Waals surface area contributed by atoms with Gasteiger partial charge in [0.25, 0.3) is 0 Å². The highest BCUT2D eigenvalue weighted by Gasteiger charge is 2.56. The molecule has 340 valence electrons. The number of hydrogen-bond acceptors (Lipinski definition) is 25.